The van der Waals surface area contributed by atoms with Crippen LogP contribution < -0.4 is 10.6 Å². The van der Waals surface area contributed by atoms with Crippen molar-refractivity contribution in [2.45, 2.75) is 19.9 Å². The number of thioether (sulfide) groups is 2. The summed E-state index contributed by atoms with van der Waals surface area (Å²) in [6.45, 7) is 4.32. The van der Waals surface area contributed by atoms with Crippen molar-refractivity contribution in [3.63, 3.8) is 0 Å². The third kappa shape index (κ3) is 7.08. The Hall–Kier alpha value is -0.890. The zero-order valence-corrected chi connectivity index (χ0v) is 15.0. The Labute approximate surface area is 136 Å². The number of aryl methyl sites for hydroxylation is 1. The second kappa shape index (κ2) is 10.8. The molecule has 1 heterocycles. The van der Waals surface area contributed by atoms with Gasteiger partial charge in [-0.2, -0.15) is 23.5 Å². The molecule has 2 N–H and O–H groups in total. The van der Waals surface area contributed by atoms with Crippen molar-refractivity contribution in [2.24, 2.45) is 12.0 Å². The molecule has 6 nitrogen and oxygen atoms in total. The van der Waals surface area contributed by atoms with Gasteiger partial charge in [0, 0.05) is 25.9 Å². The van der Waals surface area contributed by atoms with Crippen LogP contribution in [0.3, 0.4) is 0 Å². The largest absolute Gasteiger partial charge is 0.356 e. The Morgan fingerprint density at radius 1 is 1.14 bits per heavy atom. The third-order valence-corrected chi connectivity index (χ3v) is 4.29. The van der Waals surface area contributed by atoms with Crippen LogP contribution >= 0.6 is 23.5 Å². The molecule has 1 aromatic heterocycles. The summed E-state index contributed by atoms with van der Waals surface area (Å²) in [6.07, 6.45) is 5.36. The van der Waals surface area contributed by atoms with Crippen LogP contribution in [0.25, 0.3) is 0 Å². The predicted molar refractivity (Wildman–Crippen MR) is 94.3 cm³/mol. The van der Waals surface area contributed by atoms with E-state index in [9.17, 15) is 0 Å². The normalized spacial score (nSPS) is 11.7. The molecular weight excluding hydrogens is 304 g/mol. The molecule has 120 valence electrons. The highest BCUT2D eigenvalue weighted by Gasteiger charge is 2.04. The Morgan fingerprint density at radius 2 is 1.86 bits per heavy atom. The molecule has 1 rings (SSSR count). The lowest BCUT2D eigenvalue weighted by atomic mass is 10.5. The number of hydrogen-bond donors (Lipinski definition) is 2. The molecule has 0 atom stereocenters. The molecule has 1 aromatic rings. The summed E-state index contributed by atoms with van der Waals surface area (Å²) >= 11 is 3.69. The highest BCUT2D eigenvalue weighted by Crippen LogP contribution is 1.99. The molecule has 21 heavy (non-hydrogen) atoms. The van der Waals surface area contributed by atoms with Crippen molar-refractivity contribution in [1.29, 1.82) is 0 Å². The van der Waals surface area contributed by atoms with Crippen molar-refractivity contribution in [3.05, 3.63) is 11.6 Å². The minimum atomic E-state index is 0.536. The van der Waals surface area contributed by atoms with Crippen LogP contribution in [0.4, 0.5) is 0 Å². The van der Waals surface area contributed by atoms with Crippen molar-refractivity contribution < 1.29 is 0 Å². The Kier molecular flexibility index (Phi) is 9.32. The van der Waals surface area contributed by atoms with Crippen LogP contribution in [0.1, 0.15) is 18.1 Å². The smallest absolute Gasteiger partial charge is 0.191 e. The zero-order chi connectivity index (χ0) is 15.5. The van der Waals surface area contributed by atoms with E-state index in [0.29, 0.717) is 6.54 Å². The lowest BCUT2D eigenvalue weighted by Crippen LogP contribution is -2.39. The summed E-state index contributed by atoms with van der Waals surface area (Å²) in [5.74, 6) is 4.86. The number of aliphatic imine (C=N–C) groups is 1. The molecule has 0 aliphatic rings. The Balaban J connectivity index is 2.52. The molecule has 0 amide bonds. The van der Waals surface area contributed by atoms with Gasteiger partial charge in [-0.1, -0.05) is 0 Å². The zero-order valence-electron chi connectivity index (χ0n) is 13.3. The number of nitrogens with zero attached hydrogens (tertiary/aromatic N) is 4. The first-order valence-electron chi connectivity index (χ1n) is 7.04. The number of guanidine groups is 1. The van der Waals surface area contributed by atoms with E-state index in [1.165, 1.54) is 0 Å². The molecular formula is C13H26N6S2. The van der Waals surface area contributed by atoms with Gasteiger partial charge in [0.2, 0.25) is 0 Å². The minimum Gasteiger partial charge on any atom is -0.356 e. The predicted octanol–water partition coefficient (Wildman–Crippen LogP) is 1.27. The highest BCUT2D eigenvalue weighted by molar-refractivity contribution is 7.98. The molecule has 0 aliphatic heterocycles. The maximum Gasteiger partial charge on any atom is 0.191 e. The van der Waals surface area contributed by atoms with Crippen molar-refractivity contribution in [1.82, 2.24) is 25.4 Å². The number of nitrogens with one attached hydrogen (secondary N) is 2. The van der Waals surface area contributed by atoms with E-state index in [4.69, 9.17) is 0 Å². The molecule has 0 spiro atoms. The molecule has 8 heteroatoms. The second-order valence-electron chi connectivity index (χ2n) is 4.58. The van der Waals surface area contributed by atoms with Crippen molar-refractivity contribution >= 4 is 29.5 Å². The topological polar surface area (TPSA) is 67.1 Å². The van der Waals surface area contributed by atoms with Gasteiger partial charge in [0.25, 0.3) is 0 Å². The van der Waals surface area contributed by atoms with E-state index >= 15 is 0 Å². The fourth-order valence-corrected chi connectivity index (χ4v) is 2.35. The van der Waals surface area contributed by atoms with Crippen LogP contribution in [-0.4, -0.2) is 57.8 Å². The summed E-state index contributed by atoms with van der Waals surface area (Å²) in [4.78, 5) is 4.59. The average molecular weight is 331 g/mol. The SMILES string of the molecule is CSCCCNC(=NCc1nnc(C)n1C)NCCSC. The van der Waals surface area contributed by atoms with Gasteiger partial charge in [0.05, 0.1) is 0 Å². The lowest BCUT2D eigenvalue weighted by Gasteiger charge is -2.12. The number of aromatic nitrogens is 3. The van der Waals surface area contributed by atoms with E-state index in [2.05, 4.69) is 38.3 Å². The van der Waals surface area contributed by atoms with Gasteiger partial charge >= 0.3 is 0 Å². The minimum absolute atomic E-state index is 0.536. The first-order chi connectivity index (χ1) is 10.2. The van der Waals surface area contributed by atoms with Gasteiger partial charge in [0.15, 0.2) is 11.8 Å². The van der Waals surface area contributed by atoms with E-state index in [0.717, 1.165) is 48.6 Å². The van der Waals surface area contributed by atoms with Crippen molar-refractivity contribution in [3.8, 4) is 0 Å². The molecule has 0 aliphatic carbocycles. The summed E-state index contributed by atoms with van der Waals surface area (Å²) < 4.78 is 1.97. The van der Waals surface area contributed by atoms with Gasteiger partial charge in [-0.15, -0.1) is 10.2 Å². The summed E-state index contributed by atoms with van der Waals surface area (Å²) in [7, 11) is 1.97. The first kappa shape index (κ1) is 18.2. The van der Waals surface area contributed by atoms with E-state index < -0.39 is 0 Å². The monoisotopic (exact) mass is 330 g/mol. The van der Waals surface area contributed by atoms with Crippen LogP contribution in [0.15, 0.2) is 4.99 Å². The molecule has 0 aromatic carbocycles. The van der Waals surface area contributed by atoms with Gasteiger partial charge in [-0.25, -0.2) is 4.99 Å². The van der Waals surface area contributed by atoms with Crippen LogP contribution in [0.2, 0.25) is 0 Å². The molecule has 0 fully saturated rings. The van der Waals surface area contributed by atoms with E-state index in [1.807, 2.05) is 42.1 Å². The molecule has 0 radical (unpaired) electrons. The Morgan fingerprint density at radius 3 is 2.48 bits per heavy atom. The van der Waals surface area contributed by atoms with Gasteiger partial charge < -0.3 is 15.2 Å². The molecule has 0 saturated heterocycles. The summed E-state index contributed by atoms with van der Waals surface area (Å²) in [5, 5.41) is 14.9. The highest BCUT2D eigenvalue weighted by atomic mass is 32.2. The Bertz CT molecular complexity index is 432. The number of hydrogen-bond acceptors (Lipinski definition) is 5. The van der Waals surface area contributed by atoms with Gasteiger partial charge in [0.1, 0.15) is 12.4 Å². The average Bonchev–Trinajstić information content (AvgIpc) is 2.80. The van der Waals surface area contributed by atoms with Crippen molar-refractivity contribution in [2.75, 3.05) is 37.1 Å². The fourth-order valence-electron chi connectivity index (χ4n) is 1.61. The van der Waals surface area contributed by atoms with E-state index in [-0.39, 0.29) is 0 Å². The fraction of sp³-hybridized carbons (Fsp3) is 0.769. The quantitative estimate of drug-likeness (QED) is 0.404. The third-order valence-electron chi connectivity index (χ3n) is 2.98. The summed E-state index contributed by atoms with van der Waals surface area (Å²) in [5.41, 5.74) is 0. The molecule has 0 unspecified atom stereocenters. The molecule has 0 saturated carbocycles. The standard InChI is InChI=1S/C13H26N6S2/c1-11-17-18-12(19(11)2)10-16-13(15-7-9-21-4)14-6-5-8-20-3/h5-10H2,1-4H3,(H2,14,15,16). The summed E-state index contributed by atoms with van der Waals surface area (Å²) in [6, 6.07) is 0. The van der Waals surface area contributed by atoms with Crippen LogP contribution in [-0.2, 0) is 13.6 Å². The molecule has 0 bridgehead atoms. The van der Waals surface area contributed by atoms with Crippen LogP contribution in [0, 0.1) is 6.92 Å². The van der Waals surface area contributed by atoms with Crippen LogP contribution in [0.5, 0.6) is 0 Å². The lowest BCUT2D eigenvalue weighted by molar-refractivity contribution is 0.752. The second-order valence-corrected chi connectivity index (χ2v) is 6.55. The maximum atomic E-state index is 4.59. The van der Waals surface area contributed by atoms with Gasteiger partial charge in [-0.05, 0) is 31.6 Å². The maximum absolute atomic E-state index is 4.59. The first-order valence-corrected chi connectivity index (χ1v) is 9.82. The number of rotatable bonds is 9. The van der Waals surface area contributed by atoms with Gasteiger partial charge in [-0.3, -0.25) is 0 Å². The van der Waals surface area contributed by atoms with E-state index in [1.54, 1.807) is 0 Å².